The number of esters is 1. The Morgan fingerprint density at radius 3 is 2.38 bits per heavy atom. The summed E-state index contributed by atoms with van der Waals surface area (Å²) in [5, 5.41) is 2.45. The van der Waals surface area contributed by atoms with Crippen LogP contribution in [-0.2, 0) is 20.7 Å². The zero-order chi connectivity index (χ0) is 15.9. The summed E-state index contributed by atoms with van der Waals surface area (Å²) in [5.41, 5.74) is 0.499. The van der Waals surface area contributed by atoms with Crippen molar-refractivity contribution in [2.75, 3.05) is 6.61 Å². The Bertz CT molecular complexity index is 465. The molecule has 0 heterocycles. The van der Waals surface area contributed by atoms with E-state index < -0.39 is 23.7 Å². The molecular weight excluding hydrogens is 270 g/mol. The molecular formula is C16H23NO4. The molecule has 0 radical (unpaired) electrons. The summed E-state index contributed by atoms with van der Waals surface area (Å²) in [6, 6.07) is 9.00. The zero-order valence-corrected chi connectivity index (χ0v) is 13.0. The summed E-state index contributed by atoms with van der Waals surface area (Å²) in [5.74, 6) is -0.475. The average molecular weight is 293 g/mol. The molecule has 1 aromatic carbocycles. The lowest BCUT2D eigenvalue weighted by atomic mass is 10.2. The third-order valence-electron chi connectivity index (χ3n) is 2.56. The number of rotatable bonds is 5. The molecule has 0 aliphatic carbocycles. The predicted octanol–water partition coefficient (Wildman–Crippen LogP) is 2.69. The molecule has 1 aromatic rings. The van der Waals surface area contributed by atoms with E-state index in [1.54, 1.807) is 27.7 Å². The minimum absolute atomic E-state index is 0.281. The highest BCUT2D eigenvalue weighted by molar-refractivity contribution is 5.81. The summed E-state index contributed by atoms with van der Waals surface area (Å²) in [6.07, 6.45) is 0.0150. The van der Waals surface area contributed by atoms with E-state index in [9.17, 15) is 9.59 Å². The van der Waals surface area contributed by atoms with Gasteiger partial charge in [0.05, 0.1) is 6.61 Å². The number of nitrogens with one attached hydrogen (secondary N) is 1. The van der Waals surface area contributed by atoms with E-state index in [0.29, 0.717) is 6.42 Å². The summed E-state index contributed by atoms with van der Waals surface area (Å²) >= 11 is 0. The van der Waals surface area contributed by atoms with E-state index in [1.807, 2.05) is 30.3 Å². The van der Waals surface area contributed by atoms with Crippen molar-refractivity contribution in [2.24, 2.45) is 0 Å². The lowest BCUT2D eigenvalue weighted by Gasteiger charge is -2.21. The van der Waals surface area contributed by atoms with Crippen molar-refractivity contribution in [1.29, 1.82) is 0 Å². The summed E-state index contributed by atoms with van der Waals surface area (Å²) in [4.78, 5) is 23.3. The number of hydrogen-bond acceptors (Lipinski definition) is 4. The van der Waals surface area contributed by atoms with Gasteiger partial charge in [-0.1, -0.05) is 30.3 Å². The van der Waals surface area contributed by atoms with Crippen LogP contribution in [0, 0.1) is 0 Å². The van der Waals surface area contributed by atoms with Crippen LogP contribution >= 0.6 is 0 Å². The molecule has 1 rings (SSSR count). The highest BCUT2D eigenvalue weighted by atomic mass is 16.6. The second-order valence-corrected chi connectivity index (χ2v) is 5.77. The zero-order valence-electron chi connectivity index (χ0n) is 13.0. The van der Waals surface area contributed by atoms with Gasteiger partial charge in [-0.3, -0.25) is 0 Å². The fourth-order valence-corrected chi connectivity index (χ4v) is 1.58. The molecule has 0 saturated heterocycles. The van der Waals surface area contributed by atoms with Gasteiger partial charge in [0.1, 0.15) is 11.6 Å². The van der Waals surface area contributed by atoms with Crippen LogP contribution in [0.1, 0.15) is 33.3 Å². The Hall–Kier alpha value is -2.04. The van der Waals surface area contributed by atoms with Gasteiger partial charge in [0, 0.05) is 6.42 Å². The van der Waals surface area contributed by atoms with Gasteiger partial charge >= 0.3 is 12.1 Å². The molecule has 0 saturated carbocycles. The second-order valence-electron chi connectivity index (χ2n) is 5.77. The van der Waals surface area contributed by atoms with Gasteiger partial charge in [-0.05, 0) is 33.3 Å². The Balaban J connectivity index is 2.29. The van der Waals surface area contributed by atoms with Crippen molar-refractivity contribution in [3.05, 3.63) is 35.9 Å². The Morgan fingerprint density at radius 2 is 1.81 bits per heavy atom. The van der Waals surface area contributed by atoms with E-state index in [2.05, 4.69) is 5.32 Å². The average Bonchev–Trinajstić information content (AvgIpc) is 2.37. The third kappa shape index (κ3) is 7.34. The third-order valence-corrected chi connectivity index (χ3v) is 2.56. The number of carbonyl (C=O) groups excluding carboxylic acids is 2. The topological polar surface area (TPSA) is 64.6 Å². The summed E-state index contributed by atoms with van der Waals surface area (Å²) in [6.45, 7) is 7.12. The Labute approximate surface area is 125 Å². The maximum atomic E-state index is 11.7. The monoisotopic (exact) mass is 293 g/mol. The van der Waals surface area contributed by atoms with Crippen molar-refractivity contribution in [2.45, 2.75) is 45.8 Å². The standard InChI is InChI=1S/C16H23NO4/c1-12(17-15(19)21-16(2,3)4)14(18)20-11-10-13-8-6-5-7-9-13/h5-9,12H,10-11H2,1-4H3,(H,17,19)/t12-/m0/s1. The van der Waals surface area contributed by atoms with E-state index >= 15 is 0 Å². The van der Waals surface area contributed by atoms with Crippen molar-refractivity contribution in [3.63, 3.8) is 0 Å². The first-order valence-electron chi connectivity index (χ1n) is 6.98. The van der Waals surface area contributed by atoms with Gasteiger partial charge in [-0.25, -0.2) is 9.59 Å². The highest BCUT2D eigenvalue weighted by Crippen LogP contribution is 2.07. The summed E-state index contributed by atoms with van der Waals surface area (Å²) in [7, 11) is 0. The normalized spacial score (nSPS) is 12.4. The van der Waals surface area contributed by atoms with Crippen LogP contribution in [0.2, 0.25) is 0 Å². The molecule has 21 heavy (non-hydrogen) atoms. The SMILES string of the molecule is C[C@H](NC(=O)OC(C)(C)C)C(=O)OCCc1ccccc1. The van der Waals surface area contributed by atoms with E-state index in [0.717, 1.165) is 5.56 Å². The van der Waals surface area contributed by atoms with Crippen LogP contribution in [-0.4, -0.2) is 30.3 Å². The van der Waals surface area contributed by atoms with Crippen LogP contribution < -0.4 is 5.32 Å². The molecule has 116 valence electrons. The number of alkyl carbamates (subject to hydrolysis) is 1. The molecule has 0 fully saturated rings. The largest absolute Gasteiger partial charge is 0.464 e. The van der Waals surface area contributed by atoms with E-state index in [4.69, 9.17) is 9.47 Å². The van der Waals surface area contributed by atoms with Crippen molar-refractivity contribution < 1.29 is 19.1 Å². The van der Waals surface area contributed by atoms with Crippen molar-refractivity contribution >= 4 is 12.1 Å². The Morgan fingerprint density at radius 1 is 1.19 bits per heavy atom. The lowest BCUT2D eigenvalue weighted by Crippen LogP contribution is -2.42. The minimum atomic E-state index is -0.740. The second kappa shape index (κ2) is 7.67. The number of carbonyl (C=O) groups is 2. The molecule has 0 aromatic heterocycles. The lowest BCUT2D eigenvalue weighted by molar-refractivity contribution is -0.145. The molecule has 0 aliphatic heterocycles. The maximum Gasteiger partial charge on any atom is 0.408 e. The van der Waals surface area contributed by atoms with Gasteiger partial charge < -0.3 is 14.8 Å². The smallest absolute Gasteiger partial charge is 0.408 e. The van der Waals surface area contributed by atoms with Crippen molar-refractivity contribution in [3.8, 4) is 0 Å². The molecule has 5 heteroatoms. The van der Waals surface area contributed by atoms with Gasteiger partial charge in [-0.2, -0.15) is 0 Å². The number of amides is 1. The molecule has 0 unspecified atom stereocenters. The van der Waals surface area contributed by atoms with E-state index in [1.165, 1.54) is 0 Å². The molecule has 1 amide bonds. The summed E-state index contributed by atoms with van der Waals surface area (Å²) < 4.78 is 10.2. The first kappa shape index (κ1) is 17.0. The quantitative estimate of drug-likeness (QED) is 0.848. The van der Waals surface area contributed by atoms with Crippen LogP contribution in [0.5, 0.6) is 0 Å². The van der Waals surface area contributed by atoms with E-state index in [-0.39, 0.29) is 6.61 Å². The molecule has 1 N–H and O–H groups in total. The predicted molar refractivity (Wildman–Crippen MR) is 79.9 cm³/mol. The fraction of sp³-hybridized carbons (Fsp3) is 0.500. The molecule has 1 atom stereocenters. The molecule has 0 bridgehead atoms. The van der Waals surface area contributed by atoms with Gasteiger partial charge in [0.2, 0.25) is 0 Å². The first-order chi connectivity index (χ1) is 9.78. The van der Waals surface area contributed by atoms with Gasteiger partial charge in [0.15, 0.2) is 0 Å². The van der Waals surface area contributed by atoms with Crippen LogP contribution in [0.25, 0.3) is 0 Å². The fourth-order valence-electron chi connectivity index (χ4n) is 1.58. The van der Waals surface area contributed by atoms with Crippen LogP contribution in [0.15, 0.2) is 30.3 Å². The number of hydrogen-bond donors (Lipinski definition) is 1. The molecule has 0 aliphatic rings. The molecule has 0 spiro atoms. The maximum absolute atomic E-state index is 11.7. The minimum Gasteiger partial charge on any atom is -0.464 e. The Kier molecular flexibility index (Phi) is 6.21. The number of ether oxygens (including phenoxy) is 2. The van der Waals surface area contributed by atoms with Crippen LogP contribution in [0.3, 0.4) is 0 Å². The van der Waals surface area contributed by atoms with Gasteiger partial charge in [0.25, 0.3) is 0 Å². The first-order valence-corrected chi connectivity index (χ1v) is 6.98. The highest BCUT2D eigenvalue weighted by Gasteiger charge is 2.21. The molecule has 5 nitrogen and oxygen atoms in total. The van der Waals surface area contributed by atoms with Gasteiger partial charge in [-0.15, -0.1) is 0 Å². The number of benzene rings is 1. The van der Waals surface area contributed by atoms with Crippen molar-refractivity contribution in [1.82, 2.24) is 5.32 Å². The van der Waals surface area contributed by atoms with Crippen LogP contribution in [0.4, 0.5) is 4.79 Å².